The summed E-state index contributed by atoms with van der Waals surface area (Å²) in [6.45, 7) is 0.671. The lowest BCUT2D eigenvalue weighted by Gasteiger charge is -2.18. The number of carbonyl (C=O) groups excluding carboxylic acids is 1. The first-order valence-corrected chi connectivity index (χ1v) is 7.24. The molecule has 1 aliphatic rings. The van der Waals surface area contributed by atoms with E-state index in [4.69, 9.17) is 11.6 Å². The topological polar surface area (TPSA) is 49.3 Å². The minimum absolute atomic E-state index is 0.0763. The second kappa shape index (κ2) is 4.96. The van der Waals surface area contributed by atoms with E-state index in [0.29, 0.717) is 27.6 Å². The van der Waals surface area contributed by atoms with Crippen molar-refractivity contribution in [3.05, 3.63) is 56.2 Å². The molecule has 1 aromatic heterocycles. The summed E-state index contributed by atoms with van der Waals surface area (Å²) in [7, 11) is 0. The van der Waals surface area contributed by atoms with Crippen LogP contribution in [0.25, 0.3) is 0 Å². The van der Waals surface area contributed by atoms with E-state index in [1.807, 2.05) is 17.5 Å². The zero-order valence-electron chi connectivity index (χ0n) is 10.0. The second-order valence-electron chi connectivity index (χ2n) is 4.46. The number of benzene rings is 1. The highest BCUT2D eigenvalue weighted by molar-refractivity contribution is 7.10. The first-order chi connectivity index (χ1) is 9.16. The highest BCUT2D eigenvalue weighted by atomic mass is 35.5. The molecule has 0 spiro atoms. The summed E-state index contributed by atoms with van der Waals surface area (Å²) in [5.41, 5.74) is 2.37. The maximum Gasteiger partial charge on any atom is 0.251 e. The maximum atomic E-state index is 11.8. The highest BCUT2D eigenvalue weighted by Crippen LogP contribution is 2.33. The molecule has 98 valence electrons. The summed E-state index contributed by atoms with van der Waals surface area (Å²) in [6, 6.07) is 7.28. The molecule has 1 atom stereocenters. The summed E-state index contributed by atoms with van der Waals surface area (Å²) >= 11 is 7.44. The number of hydrogen-bond donors (Lipinski definition) is 2. The van der Waals surface area contributed by atoms with E-state index in [0.717, 1.165) is 12.0 Å². The number of halogens is 1. The van der Waals surface area contributed by atoms with Gasteiger partial charge in [-0.05, 0) is 35.1 Å². The minimum atomic E-state index is -0.785. The molecule has 3 rings (SSSR count). The molecule has 3 nitrogen and oxygen atoms in total. The van der Waals surface area contributed by atoms with Crippen LogP contribution in [0.15, 0.2) is 29.6 Å². The molecule has 1 amide bonds. The molecule has 0 bridgehead atoms. The molecule has 1 aliphatic heterocycles. The number of hydrogen-bond acceptors (Lipinski definition) is 3. The van der Waals surface area contributed by atoms with Crippen molar-refractivity contribution >= 4 is 28.8 Å². The molecule has 1 aromatic carbocycles. The summed E-state index contributed by atoms with van der Waals surface area (Å²) in [4.78, 5) is 12.5. The van der Waals surface area contributed by atoms with Gasteiger partial charge in [0.25, 0.3) is 5.91 Å². The Kier molecular flexibility index (Phi) is 3.31. The number of carbonyl (C=O) groups is 1. The Morgan fingerprint density at radius 2 is 2.21 bits per heavy atom. The van der Waals surface area contributed by atoms with E-state index >= 15 is 0 Å². The minimum Gasteiger partial charge on any atom is -0.383 e. The molecular weight excluding hydrogens is 282 g/mol. The Bertz CT molecular complexity index is 638. The van der Waals surface area contributed by atoms with E-state index in [2.05, 4.69) is 5.32 Å². The number of nitrogens with one attached hydrogen (secondary N) is 1. The first kappa shape index (κ1) is 12.7. The Morgan fingerprint density at radius 1 is 1.37 bits per heavy atom. The van der Waals surface area contributed by atoms with Crippen molar-refractivity contribution in [3.63, 3.8) is 0 Å². The van der Waals surface area contributed by atoms with Crippen LogP contribution in [0.2, 0.25) is 5.02 Å². The Morgan fingerprint density at radius 3 is 2.95 bits per heavy atom. The van der Waals surface area contributed by atoms with E-state index in [9.17, 15) is 9.90 Å². The second-order valence-corrected chi connectivity index (χ2v) is 5.81. The van der Waals surface area contributed by atoms with Gasteiger partial charge in [-0.25, -0.2) is 0 Å². The SMILES string of the molecule is O=C1NCCc2ccc(C(O)c3sccc3Cl)cc21. The summed E-state index contributed by atoms with van der Waals surface area (Å²) in [5, 5.41) is 15.5. The fourth-order valence-corrected chi connectivity index (χ4v) is 3.42. The predicted molar refractivity (Wildman–Crippen MR) is 75.9 cm³/mol. The molecule has 1 unspecified atom stereocenters. The summed E-state index contributed by atoms with van der Waals surface area (Å²) in [6.07, 6.45) is 0.0459. The van der Waals surface area contributed by atoms with Crippen molar-refractivity contribution in [2.45, 2.75) is 12.5 Å². The Balaban J connectivity index is 2.00. The van der Waals surface area contributed by atoms with Crippen molar-refractivity contribution in [2.24, 2.45) is 0 Å². The van der Waals surface area contributed by atoms with Crippen LogP contribution in [-0.2, 0) is 6.42 Å². The van der Waals surface area contributed by atoms with Crippen LogP contribution in [0, 0.1) is 0 Å². The predicted octanol–water partition coefficient (Wildman–Crippen LogP) is 2.77. The molecule has 0 saturated heterocycles. The van der Waals surface area contributed by atoms with Gasteiger partial charge in [0.2, 0.25) is 0 Å². The third-order valence-corrected chi connectivity index (χ3v) is 4.68. The van der Waals surface area contributed by atoms with Gasteiger partial charge >= 0.3 is 0 Å². The summed E-state index contributed by atoms with van der Waals surface area (Å²) in [5.74, 6) is -0.0763. The molecule has 19 heavy (non-hydrogen) atoms. The third-order valence-electron chi connectivity index (χ3n) is 3.27. The number of aliphatic hydroxyl groups excluding tert-OH is 1. The quantitative estimate of drug-likeness (QED) is 0.894. The number of aliphatic hydroxyl groups is 1. The number of thiophene rings is 1. The highest BCUT2D eigenvalue weighted by Gasteiger charge is 2.21. The fraction of sp³-hybridized carbons (Fsp3) is 0.214. The summed E-state index contributed by atoms with van der Waals surface area (Å²) < 4.78 is 0. The van der Waals surface area contributed by atoms with Gasteiger partial charge in [-0.1, -0.05) is 23.7 Å². The molecule has 2 aromatic rings. The third kappa shape index (κ3) is 2.27. The van der Waals surface area contributed by atoms with Gasteiger partial charge in [-0.2, -0.15) is 0 Å². The lowest BCUT2D eigenvalue weighted by atomic mass is 9.95. The van der Waals surface area contributed by atoms with Crippen LogP contribution in [0.1, 0.15) is 32.5 Å². The van der Waals surface area contributed by atoms with Gasteiger partial charge in [0, 0.05) is 12.1 Å². The van der Waals surface area contributed by atoms with Crippen LogP contribution in [0.3, 0.4) is 0 Å². The largest absolute Gasteiger partial charge is 0.383 e. The molecule has 0 fully saturated rings. The van der Waals surface area contributed by atoms with Crippen LogP contribution >= 0.6 is 22.9 Å². The van der Waals surface area contributed by atoms with Gasteiger partial charge in [-0.15, -0.1) is 11.3 Å². The molecule has 2 heterocycles. The van der Waals surface area contributed by atoms with Crippen molar-refractivity contribution in [3.8, 4) is 0 Å². The molecule has 0 aliphatic carbocycles. The zero-order chi connectivity index (χ0) is 13.4. The van der Waals surface area contributed by atoms with Crippen LogP contribution in [-0.4, -0.2) is 17.6 Å². The lowest BCUT2D eigenvalue weighted by molar-refractivity contribution is 0.0945. The van der Waals surface area contributed by atoms with Crippen molar-refractivity contribution in [2.75, 3.05) is 6.54 Å². The van der Waals surface area contributed by atoms with Crippen molar-refractivity contribution in [1.29, 1.82) is 0 Å². The monoisotopic (exact) mass is 293 g/mol. The zero-order valence-corrected chi connectivity index (χ0v) is 11.6. The van der Waals surface area contributed by atoms with Gasteiger partial charge < -0.3 is 10.4 Å². The van der Waals surface area contributed by atoms with E-state index in [1.165, 1.54) is 11.3 Å². The van der Waals surface area contributed by atoms with E-state index in [1.54, 1.807) is 12.1 Å². The molecular formula is C14H12ClNO2S. The Labute approximate surface area is 119 Å². The van der Waals surface area contributed by atoms with Crippen LogP contribution < -0.4 is 5.32 Å². The van der Waals surface area contributed by atoms with Gasteiger partial charge in [0.1, 0.15) is 6.10 Å². The fourth-order valence-electron chi connectivity index (χ4n) is 2.25. The molecule has 0 radical (unpaired) electrons. The van der Waals surface area contributed by atoms with Crippen molar-refractivity contribution < 1.29 is 9.90 Å². The number of rotatable bonds is 2. The lowest BCUT2D eigenvalue weighted by Crippen LogP contribution is -2.31. The van der Waals surface area contributed by atoms with Crippen LogP contribution in [0.5, 0.6) is 0 Å². The van der Waals surface area contributed by atoms with Crippen molar-refractivity contribution in [1.82, 2.24) is 5.32 Å². The molecule has 2 N–H and O–H groups in total. The van der Waals surface area contributed by atoms with Gasteiger partial charge in [0.05, 0.1) is 9.90 Å². The first-order valence-electron chi connectivity index (χ1n) is 5.99. The normalized spacial score (nSPS) is 15.8. The van der Waals surface area contributed by atoms with E-state index < -0.39 is 6.10 Å². The number of fused-ring (bicyclic) bond motifs is 1. The molecule has 0 saturated carbocycles. The smallest absolute Gasteiger partial charge is 0.251 e. The van der Waals surface area contributed by atoms with E-state index in [-0.39, 0.29) is 5.91 Å². The average Bonchev–Trinajstić information content (AvgIpc) is 2.84. The van der Waals surface area contributed by atoms with Crippen LogP contribution in [0.4, 0.5) is 0 Å². The number of amides is 1. The maximum absolute atomic E-state index is 11.8. The average molecular weight is 294 g/mol. The van der Waals surface area contributed by atoms with Gasteiger partial charge in [0.15, 0.2) is 0 Å². The van der Waals surface area contributed by atoms with Gasteiger partial charge in [-0.3, -0.25) is 4.79 Å². The molecule has 5 heteroatoms. The Hall–Kier alpha value is -1.36. The standard InChI is InChI=1S/C14H12ClNO2S/c15-11-4-6-19-13(11)12(17)9-2-1-8-3-5-16-14(18)10(8)7-9/h1-2,4,6-7,12,17H,3,5H2,(H,16,18).